The molecule has 2 aromatic rings. The summed E-state index contributed by atoms with van der Waals surface area (Å²) >= 11 is 6.28. The minimum absolute atomic E-state index is 0.0309. The van der Waals surface area contributed by atoms with Crippen molar-refractivity contribution in [2.24, 2.45) is 0 Å². The van der Waals surface area contributed by atoms with E-state index >= 15 is 0 Å². The quantitative estimate of drug-likeness (QED) is 0.857. The lowest BCUT2D eigenvalue weighted by atomic mass is 9.99. The van der Waals surface area contributed by atoms with Crippen molar-refractivity contribution >= 4 is 29.1 Å². The summed E-state index contributed by atoms with van der Waals surface area (Å²) < 4.78 is 0. The Bertz CT molecular complexity index is 783. The highest BCUT2D eigenvalue weighted by Gasteiger charge is 2.37. The van der Waals surface area contributed by atoms with Crippen LogP contribution in [0.5, 0.6) is 0 Å². The predicted octanol–water partition coefficient (Wildman–Crippen LogP) is 3.87. The number of nitrogens with one attached hydrogen (secondary N) is 1. The molecular weight excluding hydrogens is 324 g/mol. The number of carbonyl (C=O) groups is 2. The standard InChI is InChI=1S/C19H19ClN2O2/c1-12-6-5-7-13(2)17(12)21-19(24)18(22-11-10-16(22)23)14-8-3-4-9-15(14)20/h3-9,18H,10-11H2,1-2H3,(H,21,24)/t18-/m0/s1. The Hall–Kier alpha value is -2.33. The van der Waals surface area contributed by atoms with Gasteiger partial charge in [-0.25, -0.2) is 0 Å². The van der Waals surface area contributed by atoms with Gasteiger partial charge in [-0.2, -0.15) is 0 Å². The van der Waals surface area contributed by atoms with E-state index in [9.17, 15) is 9.59 Å². The number of hydrogen-bond acceptors (Lipinski definition) is 2. The zero-order valence-electron chi connectivity index (χ0n) is 13.7. The number of amides is 2. The van der Waals surface area contributed by atoms with Crippen LogP contribution in [0.1, 0.15) is 29.2 Å². The van der Waals surface area contributed by atoms with Crippen LogP contribution < -0.4 is 5.32 Å². The highest BCUT2D eigenvalue weighted by molar-refractivity contribution is 6.31. The van der Waals surface area contributed by atoms with E-state index in [0.29, 0.717) is 23.6 Å². The molecule has 0 bridgehead atoms. The van der Waals surface area contributed by atoms with Crippen molar-refractivity contribution in [2.75, 3.05) is 11.9 Å². The Morgan fingerprint density at radius 1 is 1.12 bits per heavy atom. The monoisotopic (exact) mass is 342 g/mol. The molecule has 5 heteroatoms. The molecule has 2 aromatic carbocycles. The summed E-state index contributed by atoms with van der Waals surface area (Å²) in [5.74, 6) is -0.273. The van der Waals surface area contributed by atoms with E-state index in [0.717, 1.165) is 16.8 Å². The number of carbonyl (C=O) groups excluding carboxylic acids is 2. The molecule has 1 fully saturated rings. The fraction of sp³-hybridized carbons (Fsp3) is 0.263. The van der Waals surface area contributed by atoms with Crippen LogP contribution in [0.25, 0.3) is 0 Å². The van der Waals surface area contributed by atoms with E-state index in [4.69, 9.17) is 11.6 Å². The molecule has 0 aliphatic carbocycles. The molecular formula is C19H19ClN2O2. The van der Waals surface area contributed by atoms with Crippen LogP contribution in [0.15, 0.2) is 42.5 Å². The topological polar surface area (TPSA) is 49.4 Å². The molecule has 0 unspecified atom stereocenters. The van der Waals surface area contributed by atoms with E-state index < -0.39 is 6.04 Å². The summed E-state index contributed by atoms with van der Waals surface area (Å²) in [6.07, 6.45) is 0.470. The summed E-state index contributed by atoms with van der Waals surface area (Å²) in [6, 6.07) is 12.3. The first kappa shape index (κ1) is 16.5. The van der Waals surface area contributed by atoms with E-state index in [1.54, 1.807) is 17.0 Å². The normalized spacial score (nSPS) is 15.0. The van der Waals surface area contributed by atoms with Gasteiger partial charge in [0.25, 0.3) is 5.91 Å². The second-order valence-electron chi connectivity index (χ2n) is 6.02. The van der Waals surface area contributed by atoms with Gasteiger partial charge in [0.15, 0.2) is 0 Å². The highest BCUT2D eigenvalue weighted by Crippen LogP contribution is 2.33. The van der Waals surface area contributed by atoms with Gasteiger partial charge in [0.05, 0.1) is 0 Å². The number of likely N-dealkylation sites (tertiary alicyclic amines) is 1. The predicted molar refractivity (Wildman–Crippen MR) is 95.1 cm³/mol. The molecule has 2 amide bonds. The van der Waals surface area contributed by atoms with Gasteiger partial charge < -0.3 is 10.2 Å². The van der Waals surface area contributed by atoms with Gasteiger partial charge in [0, 0.05) is 29.2 Å². The van der Waals surface area contributed by atoms with Crippen LogP contribution >= 0.6 is 11.6 Å². The fourth-order valence-electron chi connectivity index (χ4n) is 2.96. The van der Waals surface area contributed by atoms with Crippen LogP contribution in [-0.4, -0.2) is 23.3 Å². The van der Waals surface area contributed by atoms with Crippen molar-refractivity contribution in [1.82, 2.24) is 4.90 Å². The van der Waals surface area contributed by atoms with Gasteiger partial charge in [-0.1, -0.05) is 48.0 Å². The fourth-order valence-corrected chi connectivity index (χ4v) is 3.20. The first-order valence-electron chi connectivity index (χ1n) is 7.90. The lowest BCUT2D eigenvalue weighted by Gasteiger charge is -2.38. The molecule has 0 aromatic heterocycles. The van der Waals surface area contributed by atoms with Crippen LogP contribution in [0.2, 0.25) is 5.02 Å². The maximum absolute atomic E-state index is 13.0. The molecule has 1 aliphatic heterocycles. The molecule has 1 aliphatic rings. The zero-order chi connectivity index (χ0) is 17.3. The molecule has 0 spiro atoms. The molecule has 124 valence electrons. The highest BCUT2D eigenvalue weighted by atomic mass is 35.5. The molecule has 1 N–H and O–H groups in total. The Labute approximate surface area is 146 Å². The van der Waals surface area contributed by atoms with Gasteiger partial charge in [0.1, 0.15) is 6.04 Å². The van der Waals surface area contributed by atoms with E-state index in [1.807, 2.05) is 44.2 Å². The molecule has 0 saturated carbocycles. The smallest absolute Gasteiger partial charge is 0.251 e. The molecule has 24 heavy (non-hydrogen) atoms. The largest absolute Gasteiger partial charge is 0.326 e. The van der Waals surface area contributed by atoms with Gasteiger partial charge in [-0.15, -0.1) is 0 Å². The lowest BCUT2D eigenvalue weighted by Crippen LogP contribution is -2.49. The molecule has 1 heterocycles. The first-order valence-corrected chi connectivity index (χ1v) is 8.28. The van der Waals surface area contributed by atoms with Crippen molar-refractivity contribution in [3.05, 3.63) is 64.2 Å². The Morgan fingerprint density at radius 3 is 2.33 bits per heavy atom. The minimum Gasteiger partial charge on any atom is -0.326 e. The van der Waals surface area contributed by atoms with Crippen LogP contribution in [0.3, 0.4) is 0 Å². The summed E-state index contributed by atoms with van der Waals surface area (Å²) in [5, 5.41) is 3.47. The number of halogens is 1. The van der Waals surface area contributed by atoms with Gasteiger partial charge in [-0.05, 0) is 31.0 Å². The zero-order valence-corrected chi connectivity index (χ0v) is 14.4. The Balaban J connectivity index is 1.95. The summed E-state index contributed by atoms with van der Waals surface area (Å²) in [5.41, 5.74) is 3.40. The van der Waals surface area contributed by atoms with Crippen LogP contribution in [0, 0.1) is 13.8 Å². The summed E-state index contributed by atoms with van der Waals surface area (Å²) in [4.78, 5) is 26.5. The first-order chi connectivity index (χ1) is 11.5. The average Bonchev–Trinajstić information content (AvgIpc) is 2.55. The number of aryl methyl sites for hydroxylation is 2. The number of nitrogens with zero attached hydrogens (tertiary/aromatic N) is 1. The lowest BCUT2D eigenvalue weighted by molar-refractivity contribution is -0.147. The molecule has 1 saturated heterocycles. The van der Waals surface area contributed by atoms with Crippen molar-refractivity contribution in [2.45, 2.75) is 26.3 Å². The van der Waals surface area contributed by atoms with Crippen molar-refractivity contribution in [3.63, 3.8) is 0 Å². The number of para-hydroxylation sites is 1. The molecule has 4 nitrogen and oxygen atoms in total. The third-order valence-corrected chi connectivity index (χ3v) is 4.72. The number of hydrogen-bond donors (Lipinski definition) is 1. The van der Waals surface area contributed by atoms with Crippen LogP contribution in [0.4, 0.5) is 5.69 Å². The second kappa shape index (κ2) is 6.65. The molecule has 3 rings (SSSR count). The third-order valence-electron chi connectivity index (χ3n) is 4.38. The average molecular weight is 343 g/mol. The van der Waals surface area contributed by atoms with Crippen molar-refractivity contribution in [1.29, 1.82) is 0 Å². The molecule has 0 radical (unpaired) electrons. The summed E-state index contributed by atoms with van der Waals surface area (Å²) in [7, 11) is 0. The Morgan fingerprint density at radius 2 is 1.79 bits per heavy atom. The summed E-state index contributed by atoms with van der Waals surface area (Å²) in [6.45, 7) is 4.46. The number of benzene rings is 2. The van der Waals surface area contributed by atoms with E-state index in [1.165, 1.54) is 0 Å². The van der Waals surface area contributed by atoms with Crippen molar-refractivity contribution < 1.29 is 9.59 Å². The number of anilines is 1. The van der Waals surface area contributed by atoms with Crippen LogP contribution in [-0.2, 0) is 9.59 Å². The molecule has 1 atom stereocenters. The van der Waals surface area contributed by atoms with Gasteiger partial charge in [-0.3, -0.25) is 9.59 Å². The van der Waals surface area contributed by atoms with E-state index in [-0.39, 0.29) is 11.8 Å². The van der Waals surface area contributed by atoms with Gasteiger partial charge in [0.2, 0.25) is 5.91 Å². The van der Waals surface area contributed by atoms with Crippen molar-refractivity contribution in [3.8, 4) is 0 Å². The number of rotatable bonds is 4. The maximum atomic E-state index is 13.0. The SMILES string of the molecule is Cc1cccc(C)c1NC(=O)[C@H](c1ccccc1Cl)N1CCC1=O. The number of β-lactam (4-membered cyclic amide) rings is 1. The minimum atomic E-state index is -0.709. The maximum Gasteiger partial charge on any atom is 0.251 e. The third kappa shape index (κ3) is 3.02. The van der Waals surface area contributed by atoms with Gasteiger partial charge >= 0.3 is 0 Å². The second-order valence-corrected chi connectivity index (χ2v) is 6.42. The van der Waals surface area contributed by atoms with E-state index in [2.05, 4.69) is 5.32 Å². The Kier molecular flexibility index (Phi) is 4.58.